The van der Waals surface area contributed by atoms with E-state index in [9.17, 15) is 13.2 Å². The number of rotatable bonds is 4. The van der Waals surface area contributed by atoms with E-state index in [2.05, 4.69) is 22.4 Å². The van der Waals surface area contributed by atoms with Crippen molar-refractivity contribution in [2.45, 2.75) is 43.0 Å². The fraction of sp³-hybridized carbons (Fsp3) is 0.400. The number of alkyl halides is 3. The summed E-state index contributed by atoms with van der Waals surface area (Å²) in [5, 5.41) is 3.63. The molecule has 182 valence electrons. The van der Waals surface area contributed by atoms with Crippen molar-refractivity contribution in [2.75, 3.05) is 20.3 Å². The lowest BCUT2D eigenvalue weighted by Gasteiger charge is -2.41. The first kappa shape index (κ1) is 24.6. The van der Waals surface area contributed by atoms with Crippen molar-refractivity contribution in [1.29, 1.82) is 0 Å². The minimum Gasteiger partial charge on any atom is -0.496 e. The molecule has 5 nitrogen and oxygen atoms in total. The van der Waals surface area contributed by atoms with Gasteiger partial charge in [-0.15, -0.1) is 12.4 Å². The van der Waals surface area contributed by atoms with E-state index in [-0.39, 0.29) is 30.0 Å². The third-order valence-corrected chi connectivity index (χ3v) is 6.77. The fourth-order valence-corrected chi connectivity index (χ4v) is 5.32. The van der Waals surface area contributed by atoms with Crippen LogP contribution in [-0.2, 0) is 10.9 Å². The van der Waals surface area contributed by atoms with Crippen LogP contribution in [0.4, 0.5) is 13.2 Å². The molecule has 5 rings (SSSR count). The van der Waals surface area contributed by atoms with Crippen molar-refractivity contribution in [3.05, 3.63) is 77.9 Å². The summed E-state index contributed by atoms with van der Waals surface area (Å²) in [7, 11) is 1.58. The molecule has 0 amide bonds. The molecule has 9 heteroatoms. The highest BCUT2D eigenvalue weighted by Gasteiger charge is 2.49. The third-order valence-electron chi connectivity index (χ3n) is 6.77. The van der Waals surface area contributed by atoms with E-state index in [1.54, 1.807) is 25.3 Å². The van der Waals surface area contributed by atoms with Crippen LogP contribution in [0.2, 0.25) is 0 Å². The maximum Gasteiger partial charge on any atom is 0.450 e. The summed E-state index contributed by atoms with van der Waals surface area (Å²) >= 11 is 0. The molecule has 3 aromatic rings. The zero-order valence-corrected chi connectivity index (χ0v) is 19.5. The average molecular weight is 494 g/mol. The van der Waals surface area contributed by atoms with Gasteiger partial charge in [0.2, 0.25) is 5.82 Å². The van der Waals surface area contributed by atoms with Crippen LogP contribution < -0.4 is 10.1 Å². The van der Waals surface area contributed by atoms with Crippen LogP contribution >= 0.6 is 12.4 Å². The summed E-state index contributed by atoms with van der Waals surface area (Å²) in [6, 6.07) is 15.5. The van der Waals surface area contributed by atoms with Gasteiger partial charge in [-0.2, -0.15) is 13.2 Å². The number of methoxy groups -OCH3 is 1. The van der Waals surface area contributed by atoms with Gasteiger partial charge in [-0.05, 0) is 49.6 Å². The van der Waals surface area contributed by atoms with Gasteiger partial charge in [0.25, 0.3) is 0 Å². The summed E-state index contributed by atoms with van der Waals surface area (Å²) in [6.45, 7) is 1.41. The van der Waals surface area contributed by atoms with Gasteiger partial charge in [0.15, 0.2) is 0 Å². The van der Waals surface area contributed by atoms with Gasteiger partial charge < -0.3 is 14.8 Å². The molecule has 2 aliphatic heterocycles. The van der Waals surface area contributed by atoms with E-state index in [1.165, 1.54) is 18.0 Å². The van der Waals surface area contributed by atoms with E-state index in [4.69, 9.17) is 9.47 Å². The number of imidazole rings is 1. The third kappa shape index (κ3) is 4.42. The van der Waals surface area contributed by atoms with Crippen molar-refractivity contribution in [2.24, 2.45) is 0 Å². The fourth-order valence-electron chi connectivity index (χ4n) is 5.32. The van der Waals surface area contributed by atoms with E-state index in [0.717, 1.165) is 35.9 Å². The monoisotopic (exact) mass is 493 g/mol. The number of nitrogens with one attached hydrogen (secondary N) is 1. The molecule has 0 bridgehead atoms. The number of benzene rings is 2. The second kappa shape index (κ2) is 9.60. The molecule has 34 heavy (non-hydrogen) atoms. The molecular formula is C25H27ClF3N3O2. The molecule has 0 unspecified atom stereocenters. The molecule has 1 aromatic heterocycles. The van der Waals surface area contributed by atoms with Crippen LogP contribution in [0.1, 0.15) is 48.2 Å². The van der Waals surface area contributed by atoms with Gasteiger partial charge in [-0.1, -0.05) is 30.3 Å². The lowest BCUT2D eigenvalue weighted by atomic mass is 9.77. The summed E-state index contributed by atoms with van der Waals surface area (Å²) in [6.07, 6.45) is 0.654. The molecule has 2 aromatic carbocycles. The Balaban J connectivity index is 0.00000274. The van der Waals surface area contributed by atoms with Crippen molar-refractivity contribution in [1.82, 2.24) is 14.9 Å². The number of nitrogens with zero attached hydrogens (tertiary/aromatic N) is 2. The topological polar surface area (TPSA) is 48.3 Å². The van der Waals surface area contributed by atoms with Crippen LogP contribution in [0.15, 0.2) is 60.9 Å². The molecule has 0 saturated carbocycles. The Kier molecular flexibility index (Phi) is 6.94. The lowest BCUT2D eigenvalue weighted by molar-refractivity contribution is -0.145. The standard InChI is InChI=1S/C25H26F3N3O2.ClH/c1-32-21-9-8-19(31-13-12-30-23(31)25(26,27)28)14-20(21)18-15-24(33-16-18)10-5-11-29-22(24)17-6-3-2-4-7-17;/h2-4,6-9,12-14,18,22,29H,5,10-11,15-16H2,1H3;1H/t18-,22+,24-;/m1./s1. The Hall–Kier alpha value is -2.55. The van der Waals surface area contributed by atoms with Gasteiger partial charge >= 0.3 is 6.18 Å². The normalized spacial score (nSPS) is 24.7. The highest BCUT2D eigenvalue weighted by atomic mass is 35.5. The van der Waals surface area contributed by atoms with E-state index in [0.29, 0.717) is 18.0 Å². The predicted molar refractivity (Wildman–Crippen MR) is 125 cm³/mol. The number of hydrogen-bond donors (Lipinski definition) is 1. The molecule has 2 aliphatic rings. The second-order valence-electron chi connectivity index (χ2n) is 8.72. The Morgan fingerprint density at radius 3 is 2.71 bits per heavy atom. The molecule has 2 fully saturated rings. The number of piperidine rings is 1. The van der Waals surface area contributed by atoms with Gasteiger partial charge in [0.05, 0.1) is 25.4 Å². The van der Waals surface area contributed by atoms with Crippen LogP contribution in [0.5, 0.6) is 5.75 Å². The summed E-state index contributed by atoms with van der Waals surface area (Å²) in [5.41, 5.74) is 2.08. The zero-order chi connectivity index (χ0) is 23.1. The molecule has 3 atom stereocenters. The SMILES string of the molecule is COc1ccc(-n2ccnc2C(F)(F)F)cc1[C@H]1CO[C@]2(CCCN[C@H]2c2ccccc2)C1.Cl. The summed E-state index contributed by atoms with van der Waals surface area (Å²) in [4.78, 5) is 3.52. The first-order chi connectivity index (χ1) is 15.9. The van der Waals surface area contributed by atoms with Crippen LogP contribution in [0.3, 0.4) is 0 Å². The van der Waals surface area contributed by atoms with Gasteiger partial charge in [0.1, 0.15) is 5.75 Å². The van der Waals surface area contributed by atoms with Gasteiger partial charge in [-0.3, -0.25) is 4.57 Å². The summed E-state index contributed by atoms with van der Waals surface area (Å²) in [5.74, 6) is -0.291. The highest BCUT2D eigenvalue weighted by molar-refractivity contribution is 5.85. The smallest absolute Gasteiger partial charge is 0.450 e. The number of hydrogen-bond acceptors (Lipinski definition) is 4. The first-order valence-electron chi connectivity index (χ1n) is 11.1. The molecule has 0 aliphatic carbocycles. The average Bonchev–Trinajstić information content (AvgIpc) is 3.48. The van der Waals surface area contributed by atoms with Gasteiger partial charge in [-0.25, -0.2) is 4.98 Å². The number of aromatic nitrogens is 2. The Labute approximate surface area is 202 Å². The quantitative estimate of drug-likeness (QED) is 0.507. The molecular weight excluding hydrogens is 467 g/mol. The summed E-state index contributed by atoms with van der Waals surface area (Å²) < 4.78 is 53.4. The lowest BCUT2D eigenvalue weighted by Crippen LogP contribution is -2.48. The molecule has 3 heterocycles. The van der Waals surface area contributed by atoms with Crippen molar-refractivity contribution in [3.8, 4) is 11.4 Å². The maximum absolute atomic E-state index is 13.4. The molecule has 1 N–H and O–H groups in total. The molecule has 1 spiro atoms. The highest BCUT2D eigenvalue weighted by Crippen LogP contribution is 2.49. The molecule has 0 radical (unpaired) electrons. The Morgan fingerprint density at radius 1 is 1.18 bits per heavy atom. The van der Waals surface area contributed by atoms with Crippen LogP contribution in [0.25, 0.3) is 5.69 Å². The largest absolute Gasteiger partial charge is 0.496 e. The number of halogens is 4. The number of ether oxygens (including phenoxy) is 2. The minimum absolute atomic E-state index is 0. The van der Waals surface area contributed by atoms with E-state index >= 15 is 0 Å². The Morgan fingerprint density at radius 2 is 1.97 bits per heavy atom. The van der Waals surface area contributed by atoms with Crippen molar-refractivity contribution in [3.63, 3.8) is 0 Å². The predicted octanol–water partition coefficient (Wildman–Crippen LogP) is 5.69. The zero-order valence-electron chi connectivity index (χ0n) is 18.7. The first-order valence-corrected chi connectivity index (χ1v) is 11.1. The minimum atomic E-state index is -4.54. The van der Waals surface area contributed by atoms with Crippen molar-refractivity contribution >= 4 is 12.4 Å². The van der Waals surface area contributed by atoms with E-state index < -0.39 is 12.0 Å². The maximum atomic E-state index is 13.4. The Bertz CT molecular complexity index is 1120. The van der Waals surface area contributed by atoms with Gasteiger partial charge in [0, 0.05) is 29.6 Å². The second-order valence-corrected chi connectivity index (χ2v) is 8.72. The molecule has 2 saturated heterocycles. The van der Waals surface area contributed by atoms with Crippen LogP contribution in [-0.4, -0.2) is 35.4 Å². The van der Waals surface area contributed by atoms with E-state index in [1.807, 2.05) is 18.2 Å². The van der Waals surface area contributed by atoms with Crippen molar-refractivity contribution < 1.29 is 22.6 Å². The van der Waals surface area contributed by atoms with Crippen LogP contribution in [0, 0.1) is 0 Å².